The fraction of sp³-hybridized carbons (Fsp3) is 0.185. The van der Waals surface area contributed by atoms with Crippen LogP contribution in [0.2, 0.25) is 0 Å². The van der Waals surface area contributed by atoms with Gasteiger partial charge in [0.25, 0.3) is 5.91 Å². The molecule has 38 heavy (non-hydrogen) atoms. The van der Waals surface area contributed by atoms with Gasteiger partial charge in [0, 0.05) is 5.69 Å². The first-order chi connectivity index (χ1) is 17.8. The molecule has 2 N–H and O–H groups in total. The van der Waals surface area contributed by atoms with Crippen LogP contribution >= 0.6 is 0 Å². The summed E-state index contributed by atoms with van der Waals surface area (Å²) in [7, 11) is 0. The summed E-state index contributed by atoms with van der Waals surface area (Å²) in [4.78, 5) is 50.7. The van der Waals surface area contributed by atoms with E-state index in [1.165, 1.54) is 36.4 Å². The van der Waals surface area contributed by atoms with E-state index in [1.54, 1.807) is 26.0 Å². The van der Waals surface area contributed by atoms with Gasteiger partial charge < -0.3 is 19.9 Å². The molecule has 1 amide bonds. The van der Waals surface area contributed by atoms with E-state index >= 15 is 0 Å². The molecule has 8 nitrogen and oxygen atoms in total. The van der Waals surface area contributed by atoms with E-state index in [2.05, 4.69) is 5.32 Å². The highest BCUT2D eigenvalue weighted by Gasteiger charge is 2.41. The Hall–Kier alpha value is -4.67. The average Bonchev–Trinajstić information content (AvgIpc) is 2.85. The molecule has 198 valence electrons. The van der Waals surface area contributed by atoms with Crippen LogP contribution in [0.5, 0.6) is 0 Å². The van der Waals surface area contributed by atoms with Gasteiger partial charge in [0.1, 0.15) is 0 Å². The molecule has 0 saturated carbocycles. The van der Waals surface area contributed by atoms with Gasteiger partial charge in [-0.25, -0.2) is 14.4 Å². The summed E-state index contributed by atoms with van der Waals surface area (Å²) in [5.74, 6) is -5.39. The maximum atomic E-state index is 13.1. The molecule has 0 aliphatic heterocycles. The van der Waals surface area contributed by atoms with Crippen LogP contribution < -0.4 is 5.32 Å². The van der Waals surface area contributed by atoms with Crippen molar-refractivity contribution < 1.29 is 46.9 Å². The van der Waals surface area contributed by atoms with Gasteiger partial charge in [-0.15, -0.1) is 0 Å². The summed E-state index contributed by atoms with van der Waals surface area (Å²) < 4.78 is 49.5. The molecule has 0 heterocycles. The number of rotatable bonds is 8. The quantitative estimate of drug-likeness (QED) is 0.403. The van der Waals surface area contributed by atoms with Crippen LogP contribution in [0.4, 0.5) is 18.9 Å². The van der Waals surface area contributed by atoms with Crippen LogP contribution in [0.15, 0.2) is 72.8 Å². The third kappa shape index (κ3) is 7.19. The maximum Gasteiger partial charge on any atom is 0.416 e. The van der Waals surface area contributed by atoms with Gasteiger partial charge >= 0.3 is 24.1 Å². The van der Waals surface area contributed by atoms with Crippen LogP contribution in [-0.4, -0.2) is 41.1 Å². The van der Waals surface area contributed by atoms with Crippen LogP contribution in [0.1, 0.15) is 37.4 Å². The standard InChI is InChI=1S/C27H22F3NO7/c1-15-6-3-8-17(12-15)25(35)37-21(23(32)31-20-11-5-10-19(14-20)27(28,29)30)22(24(33)34)38-26(36)18-9-4-7-16(2)13-18/h3-14,21-22H,1-2H3,(H,31,32)(H,33,34)/t21-,22-/m1/s1. The summed E-state index contributed by atoms with van der Waals surface area (Å²) >= 11 is 0. The molecule has 2 atom stereocenters. The molecule has 3 aromatic rings. The SMILES string of the molecule is Cc1cccc(C(=O)O[C@@H](C(=O)O)[C@@H](OC(=O)c2cccc(C)c2)C(=O)Nc2cccc(C(F)(F)F)c2)c1. The van der Waals surface area contributed by atoms with Gasteiger partial charge in [0.15, 0.2) is 0 Å². The number of carboxylic acids is 1. The molecular formula is C27H22F3NO7. The summed E-state index contributed by atoms with van der Waals surface area (Å²) in [5.41, 5.74) is -0.171. The van der Waals surface area contributed by atoms with Crippen molar-refractivity contribution in [2.24, 2.45) is 0 Å². The molecule has 3 aromatic carbocycles. The minimum Gasteiger partial charge on any atom is -0.478 e. The molecule has 0 spiro atoms. The molecule has 0 fully saturated rings. The minimum atomic E-state index is -4.72. The van der Waals surface area contributed by atoms with Crippen molar-refractivity contribution in [1.29, 1.82) is 0 Å². The monoisotopic (exact) mass is 529 g/mol. The zero-order chi connectivity index (χ0) is 28.0. The molecule has 0 aliphatic rings. The van der Waals surface area contributed by atoms with Crippen LogP contribution in [0.25, 0.3) is 0 Å². The van der Waals surface area contributed by atoms with E-state index in [0.717, 1.165) is 18.2 Å². The van der Waals surface area contributed by atoms with Gasteiger partial charge in [-0.05, 0) is 56.3 Å². The lowest BCUT2D eigenvalue weighted by atomic mass is 10.1. The van der Waals surface area contributed by atoms with Crippen LogP contribution in [0, 0.1) is 13.8 Å². The first-order valence-corrected chi connectivity index (χ1v) is 11.1. The highest BCUT2D eigenvalue weighted by molar-refractivity contribution is 6.01. The van der Waals surface area contributed by atoms with Crippen molar-refractivity contribution >= 4 is 29.5 Å². The Morgan fingerprint density at radius 3 is 1.74 bits per heavy atom. The number of hydrogen-bond acceptors (Lipinski definition) is 6. The first-order valence-electron chi connectivity index (χ1n) is 11.1. The Balaban J connectivity index is 1.95. The number of esters is 2. The Morgan fingerprint density at radius 1 is 0.763 bits per heavy atom. The van der Waals surface area contributed by atoms with Crippen molar-refractivity contribution in [1.82, 2.24) is 0 Å². The van der Waals surface area contributed by atoms with Crippen molar-refractivity contribution in [3.05, 3.63) is 101 Å². The van der Waals surface area contributed by atoms with E-state index in [1.807, 2.05) is 0 Å². The number of anilines is 1. The first kappa shape index (κ1) is 27.9. The molecule has 0 aromatic heterocycles. The van der Waals surface area contributed by atoms with Crippen molar-refractivity contribution in [3.63, 3.8) is 0 Å². The zero-order valence-corrected chi connectivity index (χ0v) is 20.1. The molecule has 3 rings (SSSR count). The fourth-order valence-electron chi connectivity index (χ4n) is 3.39. The molecule has 0 bridgehead atoms. The lowest BCUT2D eigenvalue weighted by Gasteiger charge is -2.24. The summed E-state index contributed by atoms with van der Waals surface area (Å²) in [5, 5.41) is 11.9. The second-order valence-electron chi connectivity index (χ2n) is 8.30. The van der Waals surface area contributed by atoms with E-state index in [0.29, 0.717) is 17.2 Å². The Kier molecular flexibility index (Phi) is 8.51. The highest BCUT2D eigenvalue weighted by Crippen LogP contribution is 2.30. The molecule has 0 unspecified atom stereocenters. The maximum absolute atomic E-state index is 13.1. The lowest BCUT2D eigenvalue weighted by molar-refractivity contribution is -0.157. The number of carboxylic acid groups (broad SMARTS) is 1. The summed E-state index contributed by atoms with van der Waals surface area (Å²) in [6, 6.07) is 15.5. The Bertz CT molecular complexity index is 1370. The fourth-order valence-corrected chi connectivity index (χ4v) is 3.39. The number of carbonyl (C=O) groups excluding carboxylic acids is 3. The van der Waals surface area contributed by atoms with Crippen molar-refractivity contribution in [2.75, 3.05) is 5.32 Å². The molecule has 11 heteroatoms. The van der Waals surface area contributed by atoms with Crippen LogP contribution in [-0.2, 0) is 25.2 Å². The van der Waals surface area contributed by atoms with E-state index in [4.69, 9.17) is 9.47 Å². The Morgan fingerprint density at radius 2 is 1.26 bits per heavy atom. The normalized spacial score (nSPS) is 12.7. The third-order valence-electron chi connectivity index (χ3n) is 5.21. The second kappa shape index (κ2) is 11.6. The summed E-state index contributed by atoms with van der Waals surface area (Å²) in [6.45, 7) is 3.36. The smallest absolute Gasteiger partial charge is 0.416 e. The van der Waals surface area contributed by atoms with Gasteiger partial charge in [-0.1, -0.05) is 41.5 Å². The van der Waals surface area contributed by atoms with E-state index in [-0.39, 0.29) is 16.8 Å². The summed E-state index contributed by atoms with van der Waals surface area (Å²) in [6.07, 6.45) is -9.31. The molecule has 0 aliphatic carbocycles. The number of alkyl halides is 3. The topological polar surface area (TPSA) is 119 Å². The average molecular weight is 529 g/mol. The van der Waals surface area contributed by atoms with Gasteiger partial charge in [0.2, 0.25) is 12.2 Å². The predicted molar refractivity (Wildman–Crippen MR) is 128 cm³/mol. The van der Waals surface area contributed by atoms with Crippen molar-refractivity contribution in [3.8, 4) is 0 Å². The van der Waals surface area contributed by atoms with Gasteiger partial charge in [-0.3, -0.25) is 4.79 Å². The number of amides is 1. The Labute approximate surface area is 215 Å². The van der Waals surface area contributed by atoms with Crippen molar-refractivity contribution in [2.45, 2.75) is 32.2 Å². The number of ether oxygens (including phenoxy) is 2. The van der Waals surface area contributed by atoms with Gasteiger partial charge in [-0.2, -0.15) is 13.2 Å². The zero-order valence-electron chi connectivity index (χ0n) is 20.1. The second-order valence-corrected chi connectivity index (χ2v) is 8.30. The van der Waals surface area contributed by atoms with Gasteiger partial charge in [0.05, 0.1) is 16.7 Å². The van der Waals surface area contributed by atoms with E-state index in [9.17, 15) is 37.5 Å². The van der Waals surface area contributed by atoms with Crippen LogP contribution in [0.3, 0.4) is 0 Å². The van der Waals surface area contributed by atoms with E-state index < -0.39 is 47.8 Å². The number of benzene rings is 3. The molecule has 0 radical (unpaired) electrons. The number of halogens is 3. The largest absolute Gasteiger partial charge is 0.478 e. The number of nitrogens with one attached hydrogen (secondary N) is 1. The minimum absolute atomic E-state index is 0.0294. The molecular weight excluding hydrogens is 507 g/mol. The predicted octanol–water partition coefficient (Wildman–Crippen LogP) is 4.80. The third-order valence-corrected chi connectivity index (χ3v) is 5.21. The number of aliphatic carboxylic acids is 1. The lowest BCUT2D eigenvalue weighted by Crippen LogP contribution is -2.48. The molecule has 0 saturated heterocycles. The number of aryl methyl sites for hydroxylation is 2. The highest BCUT2D eigenvalue weighted by atomic mass is 19.4. The number of hydrogen-bond donors (Lipinski definition) is 2. The number of carbonyl (C=O) groups is 4.